The van der Waals surface area contributed by atoms with E-state index in [1.165, 1.54) is 6.92 Å². The van der Waals surface area contributed by atoms with Gasteiger partial charge in [-0.2, -0.15) is 0 Å². The van der Waals surface area contributed by atoms with Gasteiger partial charge in [-0.25, -0.2) is 0 Å². The molecule has 4 aliphatic carbocycles. The Morgan fingerprint density at radius 3 is 2.17 bits per heavy atom. The summed E-state index contributed by atoms with van der Waals surface area (Å²) >= 11 is 0. The molecule has 6 heterocycles. The molecule has 0 unspecified atom stereocenters. The van der Waals surface area contributed by atoms with E-state index in [9.17, 15) is 71.2 Å². The van der Waals surface area contributed by atoms with Crippen molar-refractivity contribution in [3.05, 3.63) is 22.8 Å². The van der Waals surface area contributed by atoms with Crippen LogP contribution in [0.2, 0.25) is 0 Å². The van der Waals surface area contributed by atoms with Crippen molar-refractivity contribution < 1.29 is 119 Å². The lowest BCUT2D eigenvalue weighted by Gasteiger charge is -2.57. The molecule has 0 aromatic heterocycles. The zero-order valence-electron chi connectivity index (χ0n) is 39.6. The molecule has 0 amide bonds. The highest BCUT2D eigenvalue weighted by Gasteiger charge is 2.69. The van der Waals surface area contributed by atoms with Gasteiger partial charge in [0, 0.05) is 35.2 Å². The first-order valence-corrected chi connectivity index (χ1v) is 24.8. The standard InChI is InChI=1S/C47H70O24/c1-16-11-65-47(39(59)29(16)53)23(10-48)28-21-6-7-22-20(27(21)32(56)36(28)71-47)5-4-18-8-19(50)9-26(45(18,22)3)67-43-38(35(25(52)13-63-43)68-41-33(57)31(55)24(51)12-62-41)70-42-34(58)37(30(54)17(2)66-42)69-44-40(60)46(61,14-49)15-64-44/h4,16-17,19-20,22-26,28-31,33-44,48-55,57-61H,5-15H2,1-3H3/t16-,17-,19+,20+,22+,23-,24+,25-,26+,28-,29-,30-,31-,33+,34+,35-,36+,37+,38+,39-,40-,41-,42-,43-,44-,45-,46-,47-/m0/s1. The van der Waals surface area contributed by atoms with E-state index in [0.717, 1.165) is 11.1 Å². The Balaban J connectivity index is 0.948. The first-order valence-electron chi connectivity index (χ1n) is 24.8. The quantitative estimate of drug-likeness (QED) is 0.0909. The second kappa shape index (κ2) is 19.7. The topological polar surface area (TPSA) is 372 Å². The van der Waals surface area contributed by atoms with Crippen molar-refractivity contribution in [3.63, 3.8) is 0 Å². The van der Waals surface area contributed by atoms with Crippen molar-refractivity contribution in [2.75, 3.05) is 39.6 Å². The van der Waals surface area contributed by atoms with Crippen molar-refractivity contribution in [1.29, 1.82) is 0 Å². The van der Waals surface area contributed by atoms with Crippen LogP contribution in [0.1, 0.15) is 52.9 Å². The van der Waals surface area contributed by atoms with E-state index in [2.05, 4.69) is 0 Å². The molecule has 24 nitrogen and oxygen atoms in total. The van der Waals surface area contributed by atoms with Gasteiger partial charge in [0.1, 0.15) is 78.8 Å². The van der Waals surface area contributed by atoms with Crippen molar-refractivity contribution in [2.24, 2.45) is 35.0 Å². The molecular formula is C47H70O24. The summed E-state index contributed by atoms with van der Waals surface area (Å²) in [6.07, 6.45) is -26.3. The first kappa shape index (κ1) is 52.7. The van der Waals surface area contributed by atoms with Gasteiger partial charge < -0.3 is 114 Å². The summed E-state index contributed by atoms with van der Waals surface area (Å²) < 4.78 is 61.0. The van der Waals surface area contributed by atoms with E-state index in [4.69, 9.17) is 47.4 Å². The van der Waals surface area contributed by atoms with Gasteiger partial charge in [-0.15, -0.1) is 0 Å². The minimum Gasteiger partial charge on any atom is -0.396 e. The molecule has 0 aromatic rings. The van der Waals surface area contributed by atoms with Crippen LogP contribution in [0.3, 0.4) is 0 Å². The SMILES string of the molecule is C[C@@H]1O[C@@H](O[C@H]2[C@H](O[C@@H]3C[C@H](O)CC4=CC[C@H]5C6=C(CC[C@H]5[C@]43C)[C@@H]3[C@@H](O[C@@]4(OC[C@H](C)[C@H](O)[C@@H]4O)[C@H]3CO)C6=O)OC[C@H](O)[C@@H]2O[C@@H]2OC[C@@H](O)[C@H](O)[C@H]2O)[C@H](O)[C@H](O[C@@H]2OC[C@@](O)(CO)[C@H]2O)[C@H]1O. The average Bonchev–Trinajstić information content (AvgIpc) is 3.94. The summed E-state index contributed by atoms with van der Waals surface area (Å²) in [4.78, 5) is 14.7. The van der Waals surface area contributed by atoms with Crippen molar-refractivity contribution >= 4 is 5.78 Å². The molecule has 24 heteroatoms. The third-order valence-corrected chi connectivity index (χ3v) is 17.6. The number of carbonyl (C=O) groups excluding carboxylic acids is 1. The Kier molecular flexibility index (Phi) is 14.6. The number of rotatable bonds is 10. The smallest absolute Gasteiger partial charge is 0.203 e. The molecule has 402 valence electrons. The van der Waals surface area contributed by atoms with Crippen molar-refractivity contribution in [1.82, 2.24) is 0 Å². The second-order valence-corrected chi connectivity index (χ2v) is 21.7. The van der Waals surface area contributed by atoms with Crippen LogP contribution in [-0.4, -0.2) is 246 Å². The number of carbonyl (C=O) groups is 1. The van der Waals surface area contributed by atoms with Gasteiger partial charge in [0.2, 0.25) is 5.79 Å². The number of aliphatic hydroxyl groups excluding tert-OH is 12. The first-order chi connectivity index (χ1) is 33.7. The van der Waals surface area contributed by atoms with E-state index in [1.54, 1.807) is 6.92 Å². The maximum Gasteiger partial charge on any atom is 0.203 e. The van der Waals surface area contributed by atoms with Crippen LogP contribution in [0.25, 0.3) is 0 Å². The molecule has 0 bridgehead atoms. The molecule has 0 aromatic carbocycles. The molecule has 28 atom stereocenters. The number of aliphatic hydroxyl groups is 13. The van der Waals surface area contributed by atoms with Gasteiger partial charge in [-0.1, -0.05) is 31.1 Å². The zero-order chi connectivity index (χ0) is 50.8. The monoisotopic (exact) mass is 1020 g/mol. The van der Waals surface area contributed by atoms with Crippen LogP contribution in [0.5, 0.6) is 0 Å². The summed E-state index contributed by atoms with van der Waals surface area (Å²) in [5.74, 6) is -4.60. The van der Waals surface area contributed by atoms with Gasteiger partial charge >= 0.3 is 0 Å². The summed E-state index contributed by atoms with van der Waals surface area (Å²) in [6.45, 7) is 2.37. The van der Waals surface area contributed by atoms with E-state index < -0.39 is 190 Å². The summed E-state index contributed by atoms with van der Waals surface area (Å²) in [5.41, 5.74) is -0.758. The number of hydrogen-bond acceptors (Lipinski definition) is 24. The van der Waals surface area contributed by atoms with Gasteiger partial charge in [-0.3, -0.25) is 4.79 Å². The lowest BCUT2D eigenvalue weighted by molar-refractivity contribution is -0.387. The molecule has 1 spiro atoms. The number of ketones is 1. The number of hydrogen-bond donors (Lipinski definition) is 13. The number of ether oxygens (including phenoxy) is 10. The van der Waals surface area contributed by atoms with E-state index in [-0.39, 0.29) is 30.6 Å². The molecule has 1 saturated carbocycles. The fourth-order valence-electron chi connectivity index (χ4n) is 13.4. The second-order valence-electron chi connectivity index (χ2n) is 21.7. The predicted octanol–water partition coefficient (Wildman–Crippen LogP) is -5.30. The third kappa shape index (κ3) is 8.45. The van der Waals surface area contributed by atoms with Crippen molar-refractivity contribution in [2.45, 2.75) is 187 Å². The molecule has 0 radical (unpaired) electrons. The number of fused-ring (bicyclic) bond motifs is 6. The molecule has 10 rings (SSSR count). The van der Waals surface area contributed by atoms with Crippen LogP contribution >= 0.6 is 0 Å². The van der Waals surface area contributed by atoms with Gasteiger partial charge in [0.15, 0.2) is 30.9 Å². The minimum absolute atomic E-state index is 0.0501. The molecule has 6 aliphatic heterocycles. The fraction of sp³-hybridized carbons (Fsp3) is 0.894. The van der Waals surface area contributed by atoms with Crippen molar-refractivity contribution in [3.8, 4) is 0 Å². The highest BCUT2D eigenvalue weighted by molar-refractivity contribution is 6.04. The highest BCUT2D eigenvalue weighted by Crippen LogP contribution is 2.64. The van der Waals surface area contributed by atoms with E-state index in [1.807, 2.05) is 13.0 Å². The Hall–Kier alpha value is -1.77. The predicted molar refractivity (Wildman–Crippen MR) is 230 cm³/mol. The van der Waals surface area contributed by atoms with Gasteiger partial charge in [0.25, 0.3) is 0 Å². The van der Waals surface area contributed by atoms with Crippen LogP contribution in [-0.2, 0) is 52.2 Å². The highest BCUT2D eigenvalue weighted by atomic mass is 16.8. The largest absolute Gasteiger partial charge is 0.396 e. The number of allylic oxidation sites excluding steroid dienone is 1. The van der Waals surface area contributed by atoms with Crippen LogP contribution < -0.4 is 0 Å². The van der Waals surface area contributed by atoms with E-state index >= 15 is 0 Å². The normalized spacial score (nSPS) is 55.2. The molecule has 10 aliphatic rings. The third-order valence-electron chi connectivity index (χ3n) is 17.6. The van der Waals surface area contributed by atoms with Crippen LogP contribution in [0, 0.1) is 35.0 Å². The Labute approximate surface area is 408 Å². The lowest BCUT2D eigenvalue weighted by atomic mass is 9.51. The average molecular weight is 1020 g/mol. The minimum atomic E-state index is -2.11. The Bertz CT molecular complexity index is 2030. The maximum atomic E-state index is 14.7. The molecule has 7 fully saturated rings. The summed E-state index contributed by atoms with van der Waals surface area (Å²) in [7, 11) is 0. The van der Waals surface area contributed by atoms with Gasteiger partial charge in [-0.05, 0) is 44.4 Å². The van der Waals surface area contributed by atoms with Crippen LogP contribution in [0.15, 0.2) is 22.8 Å². The molecule has 71 heavy (non-hydrogen) atoms. The summed E-state index contributed by atoms with van der Waals surface area (Å²) in [5, 5.41) is 142. The maximum absolute atomic E-state index is 14.7. The van der Waals surface area contributed by atoms with E-state index in [0.29, 0.717) is 31.3 Å². The number of Topliss-reactive ketones (excluding diaryl/α,β-unsaturated/α-hetero) is 1. The molecule has 6 saturated heterocycles. The Morgan fingerprint density at radius 2 is 1.45 bits per heavy atom. The Morgan fingerprint density at radius 1 is 0.746 bits per heavy atom. The zero-order valence-corrected chi connectivity index (χ0v) is 39.6. The molecule has 13 N–H and O–H groups in total. The lowest BCUT2D eigenvalue weighted by Crippen LogP contribution is -2.65. The van der Waals surface area contributed by atoms with Crippen LogP contribution in [0.4, 0.5) is 0 Å². The molecular weight excluding hydrogens is 948 g/mol. The summed E-state index contributed by atoms with van der Waals surface area (Å²) in [6, 6.07) is 0. The fourth-order valence-corrected chi connectivity index (χ4v) is 13.4. The van der Waals surface area contributed by atoms with Gasteiger partial charge in [0.05, 0.1) is 64.1 Å².